The summed E-state index contributed by atoms with van der Waals surface area (Å²) in [6, 6.07) is 51.8. The van der Waals surface area contributed by atoms with Crippen molar-refractivity contribution in [3.8, 4) is 28.6 Å². The Morgan fingerprint density at radius 2 is 1.10 bits per heavy atom. The van der Waals surface area contributed by atoms with Gasteiger partial charge in [0.1, 0.15) is 11.2 Å². The Bertz CT molecular complexity index is 3030. The molecule has 0 bridgehead atoms. The van der Waals surface area contributed by atoms with Crippen LogP contribution in [0, 0.1) is 17.9 Å². The first-order valence-corrected chi connectivity index (χ1v) is 16.1. The molecule has 5 nitrogen and oxygen atoms in total. The van der Waals surface area contributed by atoms with Gasteiger partial charge in [-0.25, -0.2) is 4.85 Å². The number of fused-ring (bicyclic) bond motifs is 10. The maximum absolute atomic E-state index is 10.8. The molecule has 0 radical (unpaired) electrons. The fraction of sp³-hybridized carbons (Fsp3) is 0. The average molecular weight is 625 g/mol. The van der Waals surface area contributed by atoms with Crippen LogP contribution in [-0.2, 0) is 0 Å². The van der Waals surface area contributed by atoms with Crippen molar-refractivity contribution < 1.29 is 4.42 Å². The van der Waals surface area contributed by atoms with Crippen molar-refractivity contribution in [3.05, 3.63) is 163 Å². The number of aromatic nitrogens is 2. The van der Waals surface area contributed by atoms with Crippen LogP contribution < -0.4 is 0 Å². The van der Waals surface area contributed by atoms with Crippen LogP contribution in [0.1, 0.15) is 5.56 Å². The van der Waals surface area contributed by atoms with Crippen molar-refractivity contribution in [2.24, 2.45) is 0 Å². The number of benzene rings is 7. The van der Waals surface area contributed by atoms with E-state index in [0.717, 1.165) is 76.8 Å². The molecule has 0 amide bonds. The average Bonchev–Trinajstić information content (AvgIpc) is 3.82. The summed E-state index contributed by atoms with van der Waals surface area (Å²) in [5.41, 5.74) is 9.59. The SMILES string of the molecule is [C-]#[N+]c1c(-n2c3ccccc3c3ccccc32)ccc(-c2ccccc2-n2c3ccccc3c3ccc4oc5ccccc5c4c32)c1C#N. The van der Waals surface area contributed by atoms with Crippen LogP contribution in [0.25, 0.3) is 92.9 Å². The molecule has 0 N–H and O–H groups in total. The lowest BCUT2D eigenvalue weighted by Gasteiger charge is -2.18. The molecule has 0 unspecified atom stereocenters. The van der Waals surface area contributed by atoms with E-state index in [9.17, 15) is 5.26 Å². The molecule has 7 aromatic carbocycles. The van der Waals surface area contributed by atoms with E-state index in [1.165, 1.54) is 0 Å². The molecule has 0 aliphatic rings. The molecular weight excluding hydrogens is 601 g/mol. The number of furan rings is 1. The summed E-state index contributed by atoms with van der Waals surface area (Å²) in [6.07, 6.45) is 0. The number of nitriles is 1. The van der Waals surface area contributed by atoms with E-state index in [1.807, 2.05) is 72.8 Å². The van der Waals surface area contributed by atoms with Crippen molar-refractivity contribution in [3.63, 3.8) is 0 Å². The second-order valence-electron chi connectivity index (χ2n) is 12.3. The van der Waals surface area contributed by atoms with Gasteiger partial charge in [-0.1, -0.05) is 97.1 Å². The predicted molar refractivity (Wildman–Crippen MR) is 199 cm³/mol. The fourth-order valence-electron chi connectivity index (χ4n) is 7.81. The van der Waals surface area contributed by atoms with Crippen LogP contribution in [-0.4, -0.2) is 9.13 Å². The smallest absolute Gasteiger partial charge is 0.228 e. The zero-order valence-corrected chi connectivity index (χ0v) is 26.1. The lowest BCUT2D eigenvalue weighted by atomic mass is 9.96. The van der Waals surface area contributed by atoms with Gasteiger partial charge in [0.05, 0.1) is 57.0 Å². The Morgan fingerprint density at radius 3 is 1.80 bits per heavy atom. The largest absolute Gasteiger partial charge is 0.456 e. The number of nitrogens with zero attached hydrogens (tertiary/aromatic N) is 4. The first kappa shape index (κ1) is 27.1. The molecule has 49 heavy (non-hydrogen) atoms. The number of hydrogen-bond acceptors (Lipinski definition) is 2. The summed E-state index contributed by atoms with van der Waals surface area (Å²) in [5, 5.41) is 17.4. The van der Waals surface area contributed by atoms with E-state index < -0.39 is 0 Å². The van der Waals surface area contributed by atoms with Gasteiger partial charge in [0, 0.05) is 32.5 Å². The van der Waals surface area contributed by atoms with Gasteiger partial charge >= 0.3 is 0 Å². The second kappa shape index (κ2) is 10.2. The van der Waals surface area contributed by atoms with Crippen LogP contribution in [0.3, 0.4) is 0 Å². The van der Waals surface area contributed by atoms with Crippen LogP contribution in [0.4, 0.5) is 5.69 Å². The van der Waals surface area contributed by atoms with Gasteiger partial charge in [0.2, 0.25) is 5.69 Å². The van der Waals surface area contributed by atoms with Crippen LogP contribution in [0.5, 0.6) is 0 Å². The Hall–Kier alpha value is -7.08. The molecule has 0 atom stereocenters. The van der Waals surface area contributed by atoms with Gasteiger partial charge in [-0.15, -0.1) is 0 Å². The molecule has 10 rings (SSSR count). The standard InChI is InChI=1S/C44H24N4O/c1-46-43-34(26-45)27(22-24-39(43)47-35-17-7-3-13-29(35)30-14-4-8-18-36(30)47)28-12-2-9-19-37(28)48-38-20-10-5-15-31(38)32-23-25-41-42(44(32)48)33-16-6-11-21-40(33)49-41/h2-25H. The van der Waals surface area contributed by atoms with Crippen LogP contribution in [0.15, 0.2) is 150 Å². The Labute approximate surface area is 280 Å². The molecule has 0 saturated heterocycles. The van der Waals surface area contributed by atoms with E-state index in [1.54, 1.807) is 0 Å². The molecule has 0 aliphatic carbocycles. The maximum atomic E-state index is 10.8. The molecule has 5 heteroatoms. The van der Waals surface area contributed by atoms with Crippen molar-refractivity contribution >= 4 is 71.2 Å². The van der Waals surface area contributed by atoms with Gasteiger partial charge in [0.15, 0.2) is 0 Å². The van der Waals surface area contributed by atoms with Crippen LogP contribution in [0.2, 0.25) is 0 Å². The minimum absolute atomic E-state index is 0.326. The zero-order chi connectivity index (χ0) is 32.6. The third-order valence-electron chi connectivity index (χ3n) is 9.81. The highest BCUT2D eigenvalue weighted by Gasteiger charge is 2.24. The van der Waals surface area contributed by atoms with Gasteiger partial charge in [-0.2, -0.15) is 5.26 Å². The Balaban J connectivity index is 1.29. The molecule has 10 aromatic rings. The quantitative estimate of drug-likeness (QED) is 0.184. The first-order chi connectivity index (χ1) is 24.3. The minimum atomic E-state index is 0.326. The van der Waals surface area contributed by atoms with Crippen molar-refractivity contribution in [2.75, 3.05) is 0 Å². The van der Waals surface area contributed by atoms with E-state index in [4.69, 9.17) is 11.0 Å². The summed E-state index contributed by atoms with van der Waals surface area (Å²) in [7, 11) is 0. The zero-order valence-electron chi connectivity index (χ0n) is 26.1. The molecule has 3 aromatic heterocycles. The van der Waals surface area contributed by atoms with E-state index in [2.05, 4.69) is 92.8 Å². The lowest BCUT2D eigenvalue weighted by Crippen LogP contribution is -2.00. The first-order valence-electron chi connectivity index (χ1n) is 16.1. The third-order valence-corrected chi connectivity index (χ3v) is 9.81. The van der Waals surface area contributed by atoms with E-state index >= 15 is 0 Å². The van der Waals surface area contributed by atoms with Crippen molar-refractivity contribution in [1.29, 1.82) is 5.26 Å². The predicted octanol–water partition coefficient (Wildman–Crippen LogP) is 11.9. The van der Waals surface area contributed by atoms with E-state index in [-0.39, 0.29) is 0 Å². The normalized spacial score (nSPS) is 11.6. The summed E-state index contributed by atoms with van der Waals surface area (Å²) in [4.78, 5) is 4.04. The Kier molecular flexibility index (Phi) is 5.64. The minimum Gasteiger partial charge on any atom is -0.456 e. The molecule has 0 saturated carbocycles. The third kappa shape index (κ3) is 3.67. The molecule has 0 aliphatic heterocycles. The lowest BCUT2D eigenvalue weighted by molar-refractivity contribution is 0.669. The molecular formula is C44H24N4O. The van der Waals surface area contributed by atoms with Gasteiger partial charge in [-0.3, -0.25) is 0 Å². The number of rotatable bonds is 3. The summed E-state index contributed by atoms with van der Waals surface area (Å²) in [6.45, 7) is 8.41. The number of para-hydroxylation sites is 5. The van der Waals surface area contributed by atoms with Gasteiger partial charge < -0.3 is 13.6 Å². The molecule has 226 valence electrons. The molecule has 3 heterocycles. The second-order valence-corrected chi connectivity index (χ2v) is 12.3. The highest BCUT2D eigenvalue weighted by atomic mass is 16.3. The summed E-state index contributed by atoms with van der Waals surface area (Å²) < 4.78 is 10.8. The summed E-state index contributed by atoms with van der Waals surface area (Å²) >= 11 is 0. The fourth-order valence-corrected chi connectivity index (χ4v) is 7.81. The summed E-state index contributed by atoms with van der Waals surface area (Å²) in [5.74, 6) is 0. The molecule has 0 spiro atoms. The highest BCUT2D eigenvalue weighted by molar-refractivity contribution is 6.24. The molecule has 0 fully saturated rings. The van der Waals surface area contributed by atoms with Gasteiger partial charge in [0.25, 0.3) is 0 Å². The maximum Gasteiger partial charge on any atom is 0.228 e. The van der Waals surface area contributed by atoms with Crippen LogP contribution >= 0.6 is 0 Å². The highest BCUT2D eigenvalue weighted by Crippen LogP contribution is 2.45. The number of hydrogen-bond donors (Lipinski definition) is 0. The van der Waals surface area contributed by atoms with E-state index in [0.29, 0.717) is 22.5 Å². The van der Waals surface area contributed by atoms with Crippen molar-refractivity contribution in [2.45, 2.75) is 0 Å². The Morgan fingerprint density at radius 1 is 0.510 bits per heavy atom. The topological polar surface area (TPSA) is 51.1 Å². The monoisotopic (exact) mass is 624 g/mol. The van der Waals surface area contributed by atoms with Crippen molar-refractivity contribution in [1.82, 2.24) is 9.13 Å². The van der Waals surface area contributed by atoms with Gasteiger partial charge in [-0.05, 0) is 54.1 Å².